The molecule has 0 saturated heterocycles. The standard InChI is InChI=1S/C4H4ClIN2/c5-4-7-2-1-3-8(4)6/h1-2H,3H2. The quantitative estimate of drug-likeness (QED) is 0.359. The van der Waals surface area contributed by atoms with Crippen LogP contribution in [0, 0.1) is 0 Å². The molecule has 0 fully saturated rings. The van der Waals surface area contributed by atoms with Crippen molar-refractivity contribution in [2.45, 2.75) is 0 Å². The van der Waals surface area contributed by atoms with Crippen LogP contribution in [0.15, 0.2) is 17.3 Å². The predicted octanol–water partition coefficient (Wildman–Crippen LogP) is 1.76. The van der Waals surface area contributed by atoms with Crippen molar-refractivity contribution in [2.24, 2.45) is 4.99 Å². The van der Waals surface area contributed by atoms with Gasteiger partial charge in [-0.2, -0.15) is 0 Å². The number of amidine groups is 1. The van der Waals surface area contributed by atoms with Gasteiger partial charge in [-0.05, 0) is 17.7 Å². The average molecular weight is 242 g/mol. The van der Waals surface area contributed by atoms with Gasteiger partial charge in [-0.3, -0.25) is 3.11 Å². The number of hydrogen-bond acceptors (Lipinski definition) is 2. The van der Waals surface area contributed by atoms with Gasteiger partial charge >= 0.3 is 0 Å². The first kappa shape index (κ1) is 6.35. The van der Waals surface area contributed by atoms with E-state index in [-0.39, 0.29) is 0 Å². The molecular weight excluding hydrogens is 238 g/mol. The zero-order valence-corrected chi connectivity index (χ0v) is 6.93. The highest BCUT2D eigenvalue weighted by atomic mass is 127. The maximum Gasteiger partial charge on any atom is 0.207 e. The first-order valence-electron chi connectivity index (χ1n) is 2.12. The Morgan fingerprint density at radius 3 is 3.00 bits per heavy atom. The van der Waals surface area contributed by atoms with Gasteiger partial charge in [0.1, 0.15) is 0 Å². The molecule has 0 radical (unpaired) electrons. The molecule has 0 amide bonds. The molecule has 2 nitrogen and oxygen atoms in total. The minimum Gasteiger partial charge on any atom is -0.285 e. The van der Waals surface area contributed by atoms with Gasteiger partial charge in [0.25, 0.3) is 0 Å². The topological polar surface area (TPSA) is 15.6 Å². The lowest BCUT2D eigenvalue weighted by atomic mass is 10.6. The second-order valence-corrected chi connectivity index (χ2v) is 2.83. The normalized spacial score (nSPS) is 18.8. The monoisotopic (exact) mass is 242 g/mol. The summed E-state index contributed by atoms with van der Waals surface area (Å²) >= 11 is 7.69. The Morgan fingerprint density at radius 1 is 1.88 bits per heavy atom. The molecule has 0 aromatic heterocycles. The minimum absolute atomic E-state index is 0.549. The molecule has 8 heavy (non-hydrogen) atoms. The minimum atomic E-state index is 0.549. The molecule has 0 unspecified atom stereocenters. The highest BCUT2D eigenvalue weighted by molar-refractivity contribution is 14.1. The Bertz CT molecular complexity index is 143. The third-order valence-corrected chi connectivity index (χ3v) is 2.19. The van der Waals surface area contributed by atoms with Crippen LogP contribution in [-0.4, -0.2) is 15.0 Å². The lowest BCUT2D eigenvalue weighted by molar-refractivity contribution is 0.812. The Hall–Kier alpha value is 0.230. The molecule has 0 spiro atoms. The molecule has 0 bridgehead atoms. The van der Waals surface area contributed by atoms with Crippen molar-refractivity contribution in [3.8, 4) is 0 Å². The summed E-state index contributed by atoms with van der Waals surface area (Å²) in [6, 6.07) is 0. The molecule has 0 atom stereocenters. The Balaban J connectivity index is 2.66. The summed E-state index contributed by atoms with van der Waals surface area (Å²) in [4.78, 5) is 3.83. The fraction of sp³-hybridized carbons (Fsp3) is 0.250. The molecule has 44 valence electrons. The summed E-state index contributed by atoms with van der Waals surface area (Å²) in [5.41, 5.74) is 0. The average Bonchev–Trinajstić information content (AvgIpc) is 1.77. The van der Waals surface area contributed by atoms with Crippen LogP contribution in [-0.2, 0) is 0 Å². The van der Waals surface area contributed by atoms with E-state index >= 15 is 0 Å². The molecule has 4 heteroatoms. The van der Waals surface area contributed by atoms with E-state index in [1.54, 1.807) is 6.20 Å². The molecule has 1 aliphatic rings. The van der Waals surface area contributed by atoms with Gasteiger partial charge in [-0.15, -0.1) is 0 Å². The van der Waals surface area contributed by atoms with E-state index in [1.165, 1.54) is 0 Å². The van der Waals surface area contributed by atoms with Crippen LogP contribution in [0.3, 0.4) is 0 Å². The third kappa shape index (κ3) is 1.35. The summed E-state index contributed by atoms with van der Waals surface area (Å²) in [5.74, 6) is 0. The maximum absolute atomic E-state index is 5.58. The number of aliphatic imine (C=N–C) groups is 1. The van der Waals surface area contributed by atoms with Crippen molar-refractivity contribution in [1.82, 2.24) is 3.11 Å². The smallest absolute Gasteiger partial charge is 0.207 e. The van der Waals surface area contributed by atoms with Crippen molar-refractivity contribution >= 4 is 39.8 Å². The van der Waals surface area contributed by atoms with Gasteiger partial charge in [0.05, 0.1) is 29.4 Å². The lowest BCUT2D eigenvalue weighted by Gasteiger charge is -2.12. The molecule has 0 N–H and O–H groups in total. The van der Waals surface area contributed by atoms with Crippen LogP contribution in [0.2, 0.25) is 0 Å². The molecular formula is C4H4ClIN2. The van der Waals surface area contributed by atoms with E-state index in [2.05, 4.69) is 27.9 Å². The third-order valence-electron chi connectivity index (χ3n) is 0.752. The van der Waals surface area contributed by atoms with Crippen molar-refractivity contribution in [3.63, 3.8) is 0 Å². The zero-order chi connectivity index (χ0) is 5.98. The molecule has 0 aliphatic carbocycles. The SMILES string of the molecule is ClC1=NC=CCN1I. The van der Waals surface area contributed by atoms with Gasteiger partial charge in [-0.1, -0.05) is 0 Å². The fourth-order valence-electron chi connectivity index (χ4n) is 0.392. The molecule has 0 aromatic carbocycles. The van der Waals surface area contributed by atoms with Gasteiger partial charge in [0, 0.05) is 6.20 Å². The van der Waals surface area contributed by atoms with Crippen LogP contribution < -0.4 is 0 Å². The number of hydrogen-bond donors (Lipinski definition) is 0. The predicted molar refractivity (Wildman–Crippen MR) is 43.2 cm³/mol. The highest BCUT2D eigenvalue weighted by Crippen LogP contribution is 2.08. The van der Waals surface area contributed by atoms with Gasteiger partial charge in [0.2, 0.25) is 5.29 Å². The van der Waals surface area contributed by atoms with Crippen LogP contribution >= 0.6 is 34.5 Å². The first-order valence-corrected chi connectivity index (χ1v) is 3.46. The summed E-state index contributed by atoms with van der Waals surface area (Å²) in [7, 11) is 0. The van der Waals surface area contributed by atoms with E-state index in [1.807, 2.05) is 9.19 Å². The number of nitrogens with zero attached hydrogens (tertiary/aromatic N) is 2. The van der Waals surface area contributed by atoms with Gasteiger partial charge in [-0.25, -0.2) is 4.99 Å². The van der Waals surface area contributed by atoms with Crippen molar-refractivity contribution in [2.75, 3.05) is 6.54 Å². The molecule has 1 aliphatic heterocycles. The zero-order valence-electron chi connectivity index (χ0n) is 4.01. The van der Waals surface area contributed by atoms with Crippen LogP contribution in [0.4, 0.5) is 0 Å². The number of halogens is 2. The van der Waals surface area contributed by atoms with Gasteiger partial charge in [0.15, 0.2) is 0 Å². The van der Waals surface area contributed by atoms with E-state index < -0.39 is 0 Å². The van der Waals surface area contributed by atoms with E-state index in [9.17, 15) is 0 Å². The summed E-state index contributed by atoms with van der Waals surface area (Å²) < 4.78 is 1.83. The second-order valence-electron chi connectivity index (χ2n) is 1.33. The van der Waals surface area contributed by atoms with Gasteiger partial charge < -0.3 is 0 Å². The van der Waals surface area contributed by atoms with Crippen molar-refractivity contribution in [1.29, 1.82) is 0 Å². The van der Waals surface area contributed by atoms with Crippen LogP contribution in [0.25, 0.3) is 0 Å². The largest absolute Gasteiger partial charge is 0.285 e. The molecule has 0 saturated carbocycles. The second kappa shape index (κ2) is 2.68. The Kier molecular flexibility index (Phi) is 2.13. The van der Waals surface area contributed by atoms with Crippen LogP contribution in [0.5, 0.6) is 0 Å². The van der Waals surface area contributed by atoms with E-state index in [0.29, 0.717) is 5.29 Å². The van der Waals surface area contributed by atoms with Crippen molar-refractivity contribution < 1.29 is 0 Å². The van der Waals surface area contributed by atoms with E-state index in [0.717, 1.165) is 6.54 Å². The molecule has 0 aromatic rings. The Morgan fingerprint density at radius 2 is 2.62 bits per heavy atom. The number of rotatable bonds is 0. The summed E-state index contributed by atoms with van der Waals surface area (Å²) in [5, 5.41) is 0.549. The summed E-state index contributed by atoms with van der Waals surface area (Å²) in [6.45, 7) is 0.850. The molecule has 1 heterocycles. The Labute approximate surface area is 66.7 Å². The lowest BCUT2D eigenvalue weighted by Crippen LogP contribution is -2.17. The van der Waals surface area contributed by atoms with E-state index in [4.69, 9.17) is 11.6 Å². The first-order chi connectivity index (χ1) is 3.80. The fourth-order valence-corrected chi connectivity index (χ4v) is 0.869. The maximum atomic E-state index is 5.58. The van der Waals surface area contributed by atoms with Crippen molar-refractivity contribution in [3.05, 3.63) is 12.3 Å². The van der Waals surface area contributed by atoms with Crippen LogP contribution in [0.1, 0.15) is 0 Å². The molecule has 1 rings (SSSR count). The summed E-state index contributed by atoms with van der Waals surface area (Å²) in [6.07, 6.45) is 3.65. The highest BCUT2D eigenvalue weighted by Gasteiger charge is 2.03.